The Kier molecular flexibility index (Phi) is 5.05. The third-order valence-electron chi connectivity index (χ3n) is 3.43. The molecule has 0 unspecified atom stereocenters. The summed E-state index contributed by atoms with van der Waals surface area (Å²) in [5.74, 6) is -0.198. The Bertz CT molecular complexity index is 472. The van der Waals surface area contributed by atoms with E-state index in [2.05, 4.69) is 21.2 Å². The van der Waals surface area contributed by atoms with Crippen molar-refractivity contribution in [3.63, 3.8) is 0 Å². The Hall–Kier alpha value is -1.07. The number of ether oxygens (including phenoxy) is 2. The van der Waals surface area contributed by atoms with E-state index >= 15 is 0 Å². The van der Waals surface area contributed by atoms with Gasteiger partial charge in [-0.25, -0.2) is 4.79 Å². The molecule has 0 spiro atoms. The molecule has 0 saturated heterocycles. The van der Waals surface area contributed by atoms with E-state index in [1.165, 1.54) is 0 Å². The minimum Gasteiger partial charge on any atom is -0.464 e. The van der Waals surface area contributed by atoms with Crippen molar-refractivity contribution in [1.29, 1.82) is 0 Å². The van der Waals surface area contributed by atoms with Gasteiger partial charge in [0.15, 0.2) is 0 Å². The Morgan fingerprint density at radius 3 is 2.75 bits per heavy atom. The largest absolute Gasteiger partial charge is 0.464 e. The molecule has 0 aromatic heterocycles. The normalized spacial score (nSPS) is 24.9. The van der Waals surface area contributed by atoms with Crippen LogP contribution in [0.3, 0.4) is 0 Å². The standard InChI is InChI=1S/C15H20BrNO3/c1-3-19-13-9-15(10-13,14(18)20-4-2)17-12-7-5-6-11(16)8-12/h5-8,13,17H,3-4,9-10H2,1-2H3. The van der Waals surface area contributed by atoms with E-state index in [0.29, 0.717) is 26.1 Å². The van der Waals surface area contributed by atoms with Gasteiger partial charge in [-0.05, 0) is 32.0 Å². The third-order valence-corrected chi connectivity index (χ3v) is 3.92. The van der Waals surface area contributed by atoms with Crippen LogP contribution in [-0.4, -0.2) is 30.8 Å². The van der Waals surface area contributed by atoms with E-state index in [1.807, 2.05) is 38.1 Å². The third kappa shape index (κ3) is 3.33. The molecule has 0 heterocycles. The van der Waals surface area contributed by atoms with Crippen LogP contribution in [-0.2, 0) is 14.3 Å². The summed E-state index contributed by atoms with van der Waals surface area (Å²) in [5.41, 5.74) is 0.249. The molecule has 110 valence electrons. The van der Waals surface area contributed by atoms with Crippen molar-refractivity contribution in [2.75, 3.05) is 18.5 Å². The highest BCUT2D eigenvalue weighted by molar-refractivity contribution is 9.10. The summed E-state index contributed by atoms with van der Waals surface area (Å²) >= 11 is 3.43. The molecule has 2 rings (SSSR count). The predicted molar refractivity (Wildman–Crippen MR) is 81.8 cm³/mol. The maximum Gasteiger partial charge on any atom is 0.331 e. The van der Waals surface area contributed by atoms with Crippen LogP contribution in [0.15, 0.2) is 28.7 Å². The Morgan fingerprint density at radius 1 is 1.40 bits per heavy atom. The van der Waals surface area contributed by atoms with Gasteiger partial charge in [-0.3, -0.25) is 0 Å². The molecule has 0 atom stereocenters. The van der Waals surface area contributed by atoms with Gasteiger partial charge in [-0.2, -0.15) is 0 Å². The van der Waals surface area contributed by atoms with Crippen LogP contribution in [0.1, 0.15) is 26.7 Å². The van der Waals surface area contributed by atoms with Crippen LogP contribution >= 0.6 is 15.9 Å². The maximum atomic E-state index is 12.2. The van der Waals surface area contributed by atoms with Crippen molar-refractivity contribution < 1.29 is 14.3 Å². The highest BCUT2D eigenvalue weighted by atomic mass is 79.9. The first-order valence-electron chi connectivity index (χ1n) is 6.92. The van der Waals surface area contributed by atoms with Gasteiger partial charge in [-0.1, -0.05) is 22.0 Å². The Labute approximate surface area is 128 Å². The zero-order chi connectivity index (χ0) is 14.6. The molecule has 20 heavy (non-hydrogen) atoms. The van der Waals surface area contributed by atoms with Gasteiger partial charge < -0.3 is 14.8 Å². The summed E-state index contributed by atoms with van der Waals surface area (Å²) in [6, 6.07) is 7.78. The molecular formula is C15H20BrNO3. The zero-order valence-electron chi connectivity index (χ0n) is 11.8. The number of hydrogen-bond acceptors (Lipinski definition) is 4. The first-order chi connectivity index (χ1) is 9.59. The molecule has 0 aliphatic heterocycles. The minimum absolute atomic E-state index is 0.129. The minimum atomic E-state index is -0.656. The van der Waals surface area contributed by atoms with Crippen LogP contribution < -0.4 is 5.32 Å². The summed E-state index contributed by atoms with van der Waals surface area (Å²) in [5, 5.41) is 3.32. The zero-order valence-corrected chi connectivity index (χ0v) is 13.4. The van der Waals surface area contributed by atoms with Gasteiger partial charge in [0.1, 0.15) is 5.54 Å². The number of halogens is 1. The summed E-state index contributed by atoms with van der Waals surface area (Å²) < 4.78 is 11.7. The average molecular weight is 342 g/mol. The SMILES string of the molecule is CCOC(=O)C1(Nc2cccc(Br)c2)CC(OCC)C1. The first kappa shape index (κ1) is 15.3. The molecule has 4 nitrogen and oxygen atoms in total. The molecule has 1 aromatic carbocycles. The van der Waals surface area contributed by atoms with E-state index in [4.69, 9.17) is 9.47 Å². The fraction of sp³-hybridized carbons (Fsp3) is 0.533. The van der Waals surface area contributed by atoms with Crippen LogP contribution in [0.2, 0.25) is 0 Å². The molecule has 0 bridgehead atoms. The molecular weight excluding hydrogens is 322 g/mol. The molecule has 1 aromatic rings. The highest BCUT2D eigenvalue weighted by Crippen LogP contribution is 2.39. The van der Waals surface area contributed by atoms with E-state index in [9.17, 15) is 4.79 Å². The second-order valence-corrected chi connectivity index (χ2v) is 5.84. The van der Waals surface area contributed by atoms with E-state index in [0.717, 1.165) is 10.2 Å². The summed E-state index contributed by atoms with van der Waals surface area (Å²) in [6.45, 7) is 4.84. The lowest BCUT2D eigenvalue weighted by Crippen LogP contribution is -2.60. The Balaban J connectivity index is 2.10. The van der Waals surface area contributed by atoms with E-state index in [1.54, 1.807) is 0 Å². The monoisotopic (exact) mass is 341 g/mol. The number of hydrogen-bond donors (Lipinski definition) is 1. The average Bonchev–Trinajstić information content (AvgIpc) is 2.36. The van der Waals surface area contributed by atoms with Gasteiger partial charge in [-0.15, -0.1) is 0 Å². The second kappa shape index (κ2) is 6.59. The second-order valence-electron chi connectivity index (χ2n) is 4.92. The molecule has 1 aliphatic carbocycles. The van der Waals surface area contributed by atoms with Crippen LogP contribution in [0.5, 0.6) is 0 Å². The number of rotatable bonds is 6. The van der Waals surface area contributed by atoms with Crippen molar-refractivity contribution in [3.05, 3.63) is 28.7 Å². The van der Waals surface area contributed by atoms with Crippen molar-refractivity contribution in [2.45, 2.75) is 38.3 Å². The van der Waals surface area contributed by atoms with Gasteiger partial charge in [0.25, 0.3) is 0 Å². The topological polar surface area (TPSA) is 47.6 Å². The molecule has 0 amide bonds. The predicted octanol–water partition coefficient (Wildman–Crippen LogP) is 3.36. The smallest absolute Gasteiger partial charge is 0.331 e. The molecule has 1 saturated carbocycles. The fourth-order valence-electron chi connectivity index (χ4n) is 2.50. The van der Waals surface area contributed by atoms with Gasteiger partial charge >= 0.3 is 5.97 Å². The van der Waals surface area contributed by atoms with Gasteiger partial charge in [0, 0.05) is 29.6 Å². The van der Waals surface area contributed by atoms with Crippen LogP contribution in [0.4, 0.5) is 5.69 Å². The number of nitrogens with one attached hydrogen (secondary N) is 1. The Morgan fingerprint density at radius 2 is 2.15 bits per heavy atom. The molecule has 5 heteroatoms. The number of carbonyl (C=O) groups is 1. The van der Waals surface area contributed by atoms with E-state index in [-0.39, 0.29) is 12.1 Å². The van der Waals surface area contributed by atoms with E-state index < -0.39 is 5.54 Å². The lowest BCUT2D eigenvalue weighted by Gasteiger charge is -2.45. The van der Waals surface area contributed by atoms with Crippen LogP contribution in [0.25, 0.3) is 0 Å². The maximum absolute atomic E-state index is 12.2. The quantitative estimate of drug-likeness (QED) is 0.806. The van der Waals surface area contributed by atoms with Crippen molar-refractivity contribution >= 4 is 27.6 Å². The summed E-state index contributed by atoms with van der Waals surface area (Å²) in [6.07, 6.45) is 1.42. The first-order valence-corrected chi connectivity index (χ1v) is 7.71. The molecule has 1 fully saturated rings. The molecule has 1 N–H and O–H groups in total. The summed E-state index contributed by atoms with van der Waals surface area (Å²) in [7, 11) is 0. The van der Waals surface area contributed by atoms with Crippen LogP contribution in [0, 0.1) is 0 Å². The molecule has 0 radical (unpaired) electrons. The van der Waals surface area contributed by atoms with Gasteiger partial charge in [0.2, 0.25) is 0 Å². The summed E-state index contributed by atoms with van der Waals surface area (Å²) in [4.78, 5) is 12.2. The lowest BCUT2D eigenvalue weighted by atomic mass is 9.74. The van der Waals surface area contributed by atoms with Crippen molar-refractivity contribution in [2.24, 2.45) is 0 Å². The highest BCUT2D eigenvalue weighted by Gasteiger charge is 2.52. The number of carbonyl (C=O) groups excluding carboxylic acids is 1. The number of anilines is 1. The van der Waals surface area contributed by atoms with Crippen molar-refractivity contribution in [3.8, 4) is 0 Å². The number of benzene rings is 1. The molecule has 1 aliphatic rings. The van der Waals surface area contributed by atoms with Gasteiger partial charge in [0.05, 0.1) is 12.7 Å². The van der Waals surface area contributed by atoms with Crippen molar-refractivity contribution in [1.82, 2.24) is 0 Å². The lowest BCUT2D eigenvalue weighted by molar-refractivity contribution is -0.158. The fourth-order valence-corrected chi connectivity index (χ4v) is 2.90. The number of esters is 1.